The van der Waals surface area contributed by atoms with Crippen molar-refractivity contribution in [2.45, 2.75) is 19.4 Å². The Morgan fingerprint density at radius 3 is 2.55 bits per heavy atom. The molecule has 1 aliphatic rings. The van der Waals surface area contributed by atoms with Crippen molar-refractivity contribution in [3.8, 4) is 5.75 Å². The molecule has 1 heterocycles. The van der Waals surface area contributed by atoms with Crippen molar-refractivity contribution in [1.29, 1.82) is 0 Å². The highest BCUT2D eigenvalue weighted by atomic mass is 35.5. The Morgan fingerprint density at radius 1 is 1.07 bits per heavy atom. The summed E-state index contributed by atoms with van der Waals surface area (Å²) in [5.41, 5.74) is 4.02. The van der Waals surface area contributed by atoms with Crippen LogP contribution in [0.5, 0.6) is 5.75 Å². The van der Waals surface area contributed by atoms with E-state index in [1.165, 1.54) is 7.11 Å². The molecular formula is C22H23ClN2O4. The van der Waals surface area contributed by atoms with E-state index in [0.29, 0.717) is 17.1 Å². The number of aliphatic hydroxyl groups excluding tert-OH is 1. The zero-order valence-corrected chi connectivity index (χ0v) is 17.1. The number of benzene rings is 2. The minimum atomic E-state index is -0.0648. The molecule has 0 amide bonds. The molecule has 0 spiro atoms. The monoisotopic (exact) mass is 414 g/mol. The number of methoxy groups -OCH3 is 2. The fourth-order valence-corrected chi connectivity index (χ4v) is 3.11. The maximum atomic E-state index is 9.42. The smallest absolute Gasteiger partial charge is 0.316 e. The molecule has 152 valence electrons. The number of halogens is 1. The number of hydrogen-bond donors (Lipinski definition) is 1. The molecule has 2 aromatic carbocycles. The lowest BCUT2D eigenvalue weighted by molar-refractivity contribution is 0.0511. The quantitative estimate of drug-likeness (QED) is 0.709. The molecule has 0 atom stereocenters. The van der Waals surface area contributed by atoms with Gasteiger partial charge in [0.15, 0.2) is 6.79 Å². The minimum Gasteiger partial charge on any atom is -0.468 e. The van der Waals surface area contributed by atoms with Gasteiger partial charge in [-0.25, -0.2) is 0 Å². The molecule has 0 radical (unpaired) electrons. The number of hydrogen-bond acceptors (Lipinski definition) is 6. The van der Waals surface area contributed by atoms with Crippen LogP contribution in [-0.4, -0.2) is 37.9 Å². The first-order valence-corrected chi connectivity index (χ1v) is 9.54. The molecule has 1 aliphatic heterocycles. The van der Waals surface area contributed by atoms with Gasteiger partial charge in [0.25, 0.3) is 0 Å². The van der Waals surface area contributed by atoms with Crippen molar-refractivity contribution in [2.24, 2.45) is 9.98 Å². The molecule has 2 aromatic rings. The van der Waals surface area contributed by atoms with Gasteiger partial charge in [0, 0.05) is 17.7 Å². The molecule has 1 N–H and O–H groups in total. The van der Waals surface area contributed by atoms with Crippen LogP contribution >= 0.6 is 11.6 Å². The summed E-state index contributed by atoms with van der Waals surface area (Å²) in [6.07, 6.45) is 3.45. The lowest BCUT2D eigenvalue weighted by Gasteiger charge is -2.13. The number of ether oxygens (including phenoxy) is 3. The van der Waals surface area contributed by atoms with Gasteiger partial charge >= 0.3 is 6.02 Å². The summed E-state index contributed by atoms with van der Waals surface area (Å²) in [5, 5.41) is 9.98. The van der Waals surface area contributed by atoms with Crippen molar-refractivity contribution < 1.29 is 19.3 Å². The summed E-state index contributed by atoms with van der Waals surface area (Å²) in [5.74, 6) is 0.725. The van der Waals surface area contributed by atoms with Gasteiger partial charge in [0.2, 0.25) is 0 Å². The summed E-state index contributed by atoms with van der Waals surface area (Å²) < 4.78 is 15.7. The highest BCUT2D eigenvalue weighted by Crippen LogP contribution is 2.28. The Bertz CT molecular complexity index is 936. The molecular weight excluding hydrogens is 392 g/mol. The van der Waals surface area contributed by atoms with Crippen LogP contribution in [0.25, 0.3) is 5.70 Å². The van der Waals surface area contributed by atoms with Crippen LogP contribution < -0.4 is 4.74 Å². The van der Waals surface area contributed by atoms with Gasteiger partial charge < -0.3 is 19.3 Å². The second kappa shape index (κ2) is 10.2. The van der Waals surface area contributed by atoms with Crippen LogP contribution in [0.3, 0.4) is 0 Å². The summed E-state index contributed by atoms with van der Waals surface area (Å²) in [4.78, 5) is 9.16. The Balaban J connectivity index is 1.89. The van der Waals surface area contributed by atoms with Crippen molar-refractivity contribution in [3.05, 3.63) is 70.3 Å². The molecule has 0 bridgehead atoms. The molecule has 0 saturated carbocycles. The summed E-state index contributed by atoms with van der Waals surface area (Å²) in [7, 11) is 3.12. The number of amidine groups is 1. The van der Waals surface area contributed by atoms with Crippen LogP contribution in [-0.2, 0) is 16.1 Å². The number of aliphatic imine (C=N–C) groups is 2. The maximum Gasteiger partial charge on any atom is 0.316 e. The van der Waals surface area contributed by atoms with Crippen molar-refractivity contribution in [2.75, 3.05) is 21.0 Å². The highest BCUT2D eigenvalue weighted by molar-refractivity contribution is 6.32. The molecule has 7 heteroatoms. The Morgan fingerprint density at radius 2 is 1.86 bits per heavy atom. The van der Waals surface area contributed by atoms with E-state index in [2.05, 4.69) is 9.98 Å². The van der Waals surface area contributed by atoms with Gasteiger partial charge in [0.05, 0.1) is 25.1 Å². The van der Waals surface area contributed by atoms with E-state index < -0.39 is 0 Å². The Hall–Kier alpha value is -2.67. The SMILES string of the molecule is COCOc1ccc(C2=NC(OC)=N/C(c3cc(CO)ccc3Cl)=C/CC2)cc1. The third-order valence-corrected chi connectivity index (χ3v) is 4.70. The molecule has 3 rings (SSSR count). The van der Waals surface area contributed by atoms with Crippen LogP contribution in [0.15, 0.2) is 58.5 Å². The first-order valence-electron chi connectivity index (χ1n) is 9.17. The van der Waals surface area contributed by atoms with Gasteiger partial charge in [-0.1, -0.05) is 23.7 Å². The van der Waals surface area contributed by atoms with Gasteiger partial charge in [0.1, 0.15) is 5.75 Å². The molecule has 0 aliphatic carbocycles. The molecule has 0 fully saturated rings. The second-order valence-corrected chi connectivity index (χ2v) is 6.74. The molecule has 0 unspecified atom stereocenters. The maximum absolute atomic E-state index is 9.42. The van der Waals surface area contributed by atoms with E-state index in [1.54, 1.807) is 19.2 Å². The van der Waals surface area contributed by atoms with Crippen LogP contribution in [0.2, 0.25) is 5.02 Å². The minimum absolute atomic E-state index is 0.0648. The fourth-order valence-electron chi connectivity index (χ4n) is 2.90. The topological polar surface area (TPSA) is 72.6 Å². The van der Waals surface area contributed by atoms with Gasteiger partial charge in [-0.15, -0.1) is 0 Å². The van der Waals surface area contributed by atoms with Crippen LogP contribution in [0.4, 0.5) is 0 Å². The van der Waals surface area contributed by atoms with E-state index in [4.69, 9.17) is 25.8 Å². The van der Waals surface area contributed by atoms with E-state index in [9.17, 15) is 5.11 Å². The largest absolute Gasteiger partial charge is 0.468 e. The number of rotatable bonds is 6. The lowest BCUT2D eigenvalue weighted by Crippen LogP contribution is -2.09. The van der Waals surface area contributed by atoms with Crippen LogP contribution in [0, 0.1) is 0 Å². The summed E-state index contributed by atoms with van der Waals surface area (Å²) >= 11 is 6.36. The van der Waals surface area contributed by atoms with Crippen molar-refractivity contribution in [3.63, 3.8) is 0 Å². The highest BCUT2D eigenvalue weighted by Gasteiger charge is 2.14. The lowest BCUT2D eigenvalue weighted by atomic mass is 10.0. The average molecular weight is 415 g/mol. The third kappa shape index (κ3) is 5.44. The zero-order chi connectivity index (χ0) is 20.6. The van der Waals surface area contributed by atoms with Gasteiger partial charge in [-0.3, -0.25) is 0 Å². The second-order valence-electron chi connectivity index (χ2n) is 6.33. The molecule has 6 nitrogen and oxygen atoms in total. The standard InChI is InChI=1S/C22H23ClN2O4/c1-27-14-29-17-9-7-16(8-10-17)20-4-3-5-21(25-22(24-20)28-2)18-12-15(13-26)6-11-19(18)23/h5-12,26H,3-4,13-14H2,1-2H3/b21-5+,24-20?,25-22?. The van der Waals surface area contributed by atoms with Crippen molar-refractivity contribution >= 4 is 29.0 Å². The summed E-state index contributed by atoms with van der Waals surface area (Å²) in [6, 6.07) is 13.3. The molecule has 0 aromatic heterocycles. The normalized spacial score (nSPS) is 16.1. The number of aliphatic hydroxyl groups is 1. The Labute approximate surface area is 175 Å². The predicted molar refractivity (Wildman–Crippen MR) is 115 cm³/mol. The van der Waals surface area contributed by atoms with E-state index in [-0.39, 0.29) is 19.4 Å². The summed E-state index contributed by atoms with van der Waals surface area (Å²) in [6.45, 7) is 0.138. The van der Waals surface area contributed by atoms with Crippen molar-refractivity contribution in [1.82, 2.24) is 0 Å². The Kier molecular flexibility index (Phi) is 7.41. The fraction of sp³-hybridized carbons (Fsp3) is 0.273. The zero-order valence-electron chi connectivity index (χ0n) is 16.4. The van der Waals surface area contributed by atoms with Crippen LogP contribution in [0.1, 0.15) is 29.5 Å². The van der Waals surface area contributed by atoms with Gasteiger partial charge in [-0.05, 0) is 60.4 Å². The number of allylic oxidation sites excluding steroid dienone is 1. The molecule has 29 heavy (non-hydrogen) atoms. The van der Waals surface area contributed by atoms with E-state index in [1.807, 2.05) is 36.4 Å². The average Bonchev–Trinajstić information content (AvgIpc) is 2.73. The first kappa shape index (κ1) is 21.0. The third-order valence-electron chi connectivity index (χ3n) is 4.37. The van der Waals surface area contributed by atoms with E-state index in [0.717, 1.165) is 34.6 Å². The molecule has 0 saturated heterocycles. The predicted octanol–water partition coefficient (Wildman–Crippen LogP) is 4.44. The first-order chi connectivity index (χ1) is 14.1. The van der Waals surface area contributed by atoms with Gasteiger partial charge in [-0.2, -0.15) is 9.98 Å². The number of nitrogens with zero attached hydrogens (tertiary/aromatic N) is 2. The van der Waals surface area contributed by atoms with E-state index >= 15 is 0 Å².